The second-order valence-electron chi connectivity index (χ2n) is 5.99. The number of aryl methyl sites for hydroxylation is 1. The zero-order valence-electron chi connectivity index (χ0n) is 12.7. The van der Waals surface area contributed by atoms with Gasteiger partial charge in [-0.05, 0) is 44.9 Å². The molecule has 0 spiro atoms. The fourth-order valence-corrected chi connectivity index (χ4v) is 2.08. The molecule has 0 saturated heterocycles. The summed E-state index contributed by atoms with van der Waals surface area (Å²) in [5, 5.41) is 8.77. The van der Waals surface area contributed by atoms with Crippen LogP contribution in [0.15, 0.2) is 24.3 Å². The van der Waals surface area contributed by atoms with Crippen LogP contribution in [-0.2, 0) is 16.0 Å². The van der Waals surface area contributed by atoms with E-state index in [9.17, 15) is 14.0 Å². The first kappa shape index (κ1) is 17.1. The molecule has 5 heteroatoms. The van der Waals surface area contributed by atoms with Gasteiger partial charge < -0.3 is 10.0 Å². The van der Waals surface area contributed by atoms with Gasteiger partial charge in [-0.2, -0.15) is 0 Å². The average molecular weight is 295 g/mol. The van der Waals surface area contributed by atoms with Crippen molar-refractivity contribution in [3.63, 3.8) is 0 Å². The Morgan fingerprint density at radius 3 is 2.19 bits per heavy atom. The number of benzene rings is 1. The Kier molecular flexibility index (Phi) is 5.88. The van der Waals surface area contributed by atoms with Crippen molar-refractivity contribution in [1.29, 1.82) is 0 Å². The number of carboxylic acid groups (broad SMARTS) is 1. The quantitative estimate of drug-likeness (QED) is 0.878. The molecule has 1 rings (SSSR count). The zero-order chi connectivity index (χ0) is 16.0. The number of carboxylic acids is 1. The second-order valence-corrected chi connectivity index (χ2v) is 5.99. The van der Waals surface area contributed by atoms with Crippen LogP contribution in [0.25, 0.3) is 0 Å². The van der Waals surface area contributed by atoms with Crippen molar-refractivity contribution >= 4 is 11.9 Å². The molecule has 116 valence electrons. The normalized spacial score (nSPS) is 11.2. The van der Waals surface area contributed by atoms with Crippen LogP contribution in [0.4, 0.5) is 4.39 Å². The number of carbonyl (C=O) groups is 2. The topological polar surface area (TPSA) is 57.6 Å². The summed E-state index contributed by atoms with van der Waals surface area (Å²) in [7, 11) is 0. The third-order valence-corrected chi connectivity index (χ3v) is 3.20. The van der Waals surface area contributed by atoms with Gasteiger partial charge in [-0.25, -0.2) is 4.39 Å². The Morgan fingerprint density at radius 2 is 1.71 bits per heavy atom. The van der Waals surface area contributed by atoms with Crippen molar-refractivity contribution in [3.05, 3.63) is 35.6 Å². The van der Waals surface area contributed by atoms with Crippen molar-refractivity contribution in [2.75, 3.05) is 6.54 Å². The van der Waals surface area contributed by atoms with Crippen LogP contribution in [0.3, 0.4) is 0 Å². The molecule has 0 radical (unpaired) electrons. The van der Waals surface area contributed by atoms with Crippen LogP contribution in [0.5, 0.6) is 0 Å². The van der Waals surface area contributed by atoms with Crippen molar-refractivity contribution in [3.8, 4) is 0 Å². The summed E-state index contributed by atoms with van der Waals surface area (Å²) in [5.41, 5.74) is 0.465. The lowest BCUT2D eigenvalue weighted by Crippen LogP contribution is -2.46. The maximum atomic E-state index is 12.8. The van der Waals surface area contributed by atoms with Gasteiger partial charge in [-0.1, -0.05) is 12.1 Å². The highest BCUT2D eigenvalue weighted by atomic mass is 19.1. The Morgan fingerprint density at radius 1 is 1.14 bits per heavy atom. The van der Waals surface area contributed by atoms with Gasteiger partial charge in [0.25, 0.3) is 0 Å². The van der Waals surface area contributed by atoms with Gasteiger partial charge >= 0.3 is 5.97 Å². The first-order valence-corrected chi connectivity index (χ1v) is 6.97. The SMILES string of the molecule is CC(C)(C)N(CCC(=O)O)C(=O)CCc1ccc(F)cc1. The molecule has 0 aliphatic heterocycles. The number of hydrogen-bond donors (Lipinski definition) is 1. The maximum absolute atomic E-state index is 12.8. The molecule has 1 aromatic carbocycles. The van der Waals surface area contributed by atoms with E-state index < -0.39 is 11.5 Å². The van der Waals surface area contributed by atoms with E-state index in [4.69, 9.17) is 5.11 Å². The summed E-state index contributed by atoms with van der Waals surface area (Å²) in [6.45, 7) is 5.83. The fraction of sp³-hybridized carbons (Fsp3) is 0.500. The molecule has 0 aliphatic rings. The Bertz CT molecular complexity index is 491. The van der Waals surface area contributed by atoms with Crippen LogP contribution < -0.4 is 0 Å². The molecule has 0 unspecified atom stereocenters. The summed E-state index contributed by atoms with van der Waals surface area (Å²) in [6.07, 6.45) is 0.723. The van der Waals surface area contributed by atoms with Gasteiger partial charge in [0.15, 0.2) is 0 Å². The standard InChI is InChI=1S/C16H22FNO3/c1-16(2,3)18(11-10-15(20)21)14(19)9-6-12-4-7-13(17)8-5-12/h4-5,7-8H,6,9-11H2,1-3H3,(H,20,21). The molecule has 1 aromatic rings. The number of rotatable bonds is 6. The Hall–Kier alpha value is -1.91. The Balaban J connectivity index is 2.63. The summed E-state index contributed by atoms with van der Waals surface area (Å²) >= 11 is 0. The zero-order valence-corrected chi connectivity index (χ0v) is 12.7. The van der Waals surface area contributed by atoms with Crippen molar-refractivity contribution in [1.82, 2.24) is 4.90 Å². The van der Waals surface area contributed by atoms with E-state index in [0.29, 0.717) is 6.42 Å². The van der Waals surface area contributed by atoms with E-state index in [1.165, 1.54) is 12.1 Å². The van der Waals surface area contributed by atoms with Crippen LogP contribution in [0, 0.1) is 5.82 Å². The number of carbonyl (C=O) groups excluding carboxylic acids is 1. The smallest absolute Gasteiger partial charge is 0.305 e. The van der Waals surface area contributed by atoms with E-state index in [1.807, 2.05) is 20.8 Å². The minimum Gasteiger partial charge on any atom is -0.481 e. The van der Waals surface area contributed by atoms with Crippen LogP contribution in [0.2, 0.25) is 0 Å². The molecule has 0 atom stereocenters. The van der Waals surface area contributed by atoms with Crippen molar-refractivity contribution < 1.29 is 19.1 Å². The van der Waals surface area contributed by atoms with Gasteiger partial charge in [-0.3, -0.25) is 9.59 Å². The number of nitrogens with zero attached hydrogens (tertiary/aromatic N) is 1. The highest BCUT2D eigenvalue weighted by Crippen LogP contribution is 2.16. The third kappa shape index (κ3) is 5.94. The van der Waals surface area contributed by atoms with Gasteiger partial charge in [0.05, 0.1) is 6.42 Å². The van der Waals surface area contributed by atoms with Gasteiger partial charge in [0.2, 0.25) is 5.91 Å². The number of halogens is 1. The molecule has 0 saturated carbocycles. The second kappa shape index (κ2) is 7.20. The molecular formula is C16H22FNO3. The molecule has 0 heterocycles. The minimum absolute atomic E-state index is 0.0699. The molecule has 1 N–H and O–H groups in total. The third-order valence-electron chi connectivity index (χ3n) is 3.20. The van der Waals surface area contributed by atoms with E-state index in [-0.39, 0.29) is 31.1 Å². The van der Waals surface area contributed by atoms with Crippen molar-refractivity contribution in [2.24, 2.45) is 0 Å². The summed E-state index contributed by atoms with van der Waals surface area (Å²) in [5.74, 6) is -1.31. The lowest BCUT2D eigenvalue weighted by atomic mass is 10.0. The van der Waals surface area contributed by atoms with E-state index in [0.717, 1.165) is 5.56 Å². The molecule has 0 aromatic heterocycles. The maximum Gasteiger partial charge on any atom is 0.305 e. The molecule has 1 amide bonds. The molecule has 0 bridgehead atoms. The monoisotopic (exact) mass is 295 g/mol. The fourth-order valence-electron chi connectivity index (χ4n) is 2.08. The van der Waals surface area contributed by atoms with Gasteiger partial charge in [0.1, 0.15) is 5.82 Å². The van der Waals surface area contributed by atoms with Gasteiger partial charge in [-0.15, -0.1) is 0 Å². The highest BCUT2D eigenvalue weighted by molar-refractivity contribution is 5.78. The van der Waals surface area contributed by atoms with Crippen molar-refractivity contribution in [2.45, 2.75) is 45.6 Å². The lowest BCUT2D eigenvalue weighted by molar-refractivity contribution is -0.140. The summed E-state index contributed by atoms with van der Waals surface area (Å²) < 4.78 is 12.8. The predicted octanol–water partition coefficient (Wildman–Crippen LogP) is 2.86. The number of hydrogen-bond acceptors (Lipinski definition) is 2. The minimum atomic E-state index is -0.921. The largest absolute Gasteiger partial charge is 0.481 e. The number of amides is 1. The average Bonchev–Trinajstić information content (AvgIpc) is 2.36. The van der Waals surface area contributed by atoms with E-state index in [2.05, 4.69) is 0 Å². The molecule has 0 fully saturated rings. The molecular weight excluding hydrogens is 273 g/mol. The van der Waals surface area contributed by atoms with Crippen LogP contribution >= 0.6 is 0 Å². The first-order valence-electron chi connectivity index (χ1n) is 6.97. The molecule has 21 heavy (non-hydrogen) atoms. The number of aliphatic carboxylic acids is 1. The Labute approximate surface area is 124 Å². The van der Waals surface area contributed by atoms with Gasteiger partial charge in [0, 0.05) is 18.5 Å². The van der Waals surface area contributed by atoms with Crippen LogP contribution in [0.1, 0.15) is 39.2 Å². The first-order chi connectivity index (χ1) is 9.70. The van der Waals surface area contributed by atoms with E-state index in [1.54, 1.807) is 17.0 Å². The highest BCUT2D eigenvalue weighted by Gasteiger charge is 2.26. The summed E-state index contributed by atoms with van der Waals surface area (Å²) in [6, 6.07) is 6.04. The summed E-state index contributed by atoms with van der Waals surface area (Å²) in [4.78, 5) is 24.6. The molecule has 4 nitrogen and oxygen atoms in total. The van der Waals surface area contributed by atoms with E-state index >= 15 is 0 Å². The predicted molar refractivity (Wildman–Crippen MR) is 78.4 cm³/mol. The van der Waals surface area contributed by atoms with Crippen LogP contribution in [-0.4, -0.2) is 34.0 Å². The molecule has 0 aliphatic carbocycles. The lowest BCUT2D eigenvalue weighted by Gasteiger charge is -2.35.